The van der Waals surface area contributed by atoms with Gasteiger partial charge in [-0.25, -0.2) is 0 Å². The van der Waals surface area contributed by atoms with Gasteiger partial charge in [0.2, 0.25) is 0 Å². The van der Waals surface area contributed by atoms with Gasteiger partial charge in [0.15, 0.2) is 17.4 Å². The zero-order valence-electron chi connectivity index (χ0n) is 1.65. The van der Waals surface area contributed by atoms with E-state index in [-0.39, 0.29) is 118 Å². The van der Waals surface area contributed by atoms with Gasteiger partial charge in [0, 0.05) is 77.9 Å². The number of rotatable bonds is 0. The van der Waals surface area contributed by atoms with Crippen molar-refractivity contribution in [3.8, 4) is 0 Å². The zero-order valence-corrected chi connectivity index (χ0v) is 7.72. The minimum absolute atomic E-state index is 0. The van der Waals surface area contributed by atoms with Crippen molar-refractivity contribution in [1.29, 1.82) is 0 Å². The van der Waals surface area contributed by atoms with Crippen LogP contribution in [-0.4, -0.2) is 40.4 Å². The molecule has 20 valence electrons. The van der Waals surface area contributed by atoms with Crippen molar-refractivity contribution in [1.82, 2.24) is 0 Å². The van der Waals surface area contributed by atoms with Crippen LogP contribution in [0.2, 0.25) is 0 Å². The molecule has 0 aromatic rings. The summed E-state index contributed by atoms with van der Waals surface area (Å²) in [6, 6.07) is 0. The van der Waals surface area contributed by atoms with Crippen molar-refractivity contribution in [3.63, 3.8) is 0 Å². The van der Waals surface area contributed by atoms with Crippen LogP contribution in [0.4, 0.5) is 0 Å². The minimum atomic E-state index is 0. The average Bonchev–Trinajstić information content (AvgIpc) is 0. The molecule has 0 aliphatic rings. The average molecular weight is 237 g/mol. The van der Waals surface area contributed by atoms with Crippen LogP contribution in [0, 0.1) is 0 Å². The van der Waals surface area contributed by atoms with Crippen molar-refractivity contribution in [3.05, 3.63) is 0 Å². The normalized spacial score (nSPS) is 0. The molecule has 5 heteroatoms. The van der Waals surface area contributed by atoms with Crippen LogP contribution < -0.4 is 0 Å². The standard InChI is InChI=1S/Al.Mg.2Sc.Zr.5H. The van der Waals surface area contributed by atoms with E-state index >= 15 is 0 Å². The molecule has 0 aliphatic carbocycles. The number of hydrogen-bond donors (Lipinski definition) is 0. The smallest absolute Gasteiger partial charge is 0 e. The fraction of sp³-hybridized carbons (Fsp3) is 0. The zero-order chi connectivity index (χ0) is 0. The van der Waals surface area contributed by atoms with Crippen molar-refractivity contribution >= 4 is 40.4 Å². The van der Waals surface area contributed by atoms with Gasteiger partial charge >= 0.3 is 23.1 Å². The molecule has 5 heavy (non-hydrogen) atoms. The Kier molecular flexibility index (Phi) is 180. The third-order valence-corrected chi connectivity index (χ3v) is 0. The third kappa shape index (κ3) is 18.1. The molecule has 0 fully saturated rings. The molecule has 0 bridgehead atoms. The fourth-order valence-electron chi connectivity index (χ4n) is 0. The van der Waals surface area contributed by atoms with Gasteiger partial charge in [-0.3, -0.25) is 0 Å². The molecule has 0 aromatic heterocycles. The summed E-state index contributed by atoms with van der Waals surface area (Å²) >= 11 is 0. The topological polar surface area (TPSA) is 0 Å². The summed E-state index contributed by atoms with van der Waals surface area (Å²) < 4.78 is 0. The maximum absolute atomic E-state index is 0. The van der Waals surface area contributed by atoms with E-state index in [9.17, 15) is 0 Å². The predicted octanol–water partition coefficient (Wildman–Crippen LogP) is -2.11. The van der Waals surface area contributed by atoms with Gasteiger partial charge in [-0.1, -0.05) is 0 Å². The summed E-state index contributed by atoms with van der Waals surface area (Å²) in [6.45, 7) is 0. The molecule has 0 rings (SSSR count). The Morgan fingerprint density at radius 1 is 0.800 bits per heavy atom. The van der Waals surface area contributed by atoms with Gasteiger partial charge in [-0.2, -0.15) is 0 Å². The Hall–Kier alpha value is 3.92. The summed E-state index contributed by atoms with van der Waals surface area (Å²) in [5.74, 6) is 0. The summed E-state index contributed by atoms with van der Waals surface area (Å²) in [4.78, 5) is 0. The monoisotopic (exact) mass is 236 g/mol. The van der Waals surface area contributed by atoms with E-state index in [1.165, 1.54) is 0 Å². The Bertz CT molecular complexity index is 9.61. The van der Waals surface area contributed by atoms with Gasteiger partial charge in [0.1, 0.15) is 0 Å². The molecule has 0 saturated heterocycles. The molecule has 0 N–H and O–H groups in total. The first-order valence-corrected chi connectivity index (χ1v) is 0. The quantitative estimate of drug-likeness (QED) is 0.423. The van der Waals surface area contributed by atoms with Gasteiger partial charge in [-0.05, 0) is 0 Å². The van der Waals surface area contributed by atoms with Crippen molar-refractivity contribution in [2.75, 3.05) is 0 Å². The summed E-state index contributed by atoms with van der Waals surface area (Å²) in [5.41, 5.74) is 0. The van der Waals surface area contributed by atoms with Crippen molar-refractivity contribution in [2.24, 2.45) is 0 Å². The second-order valence-electron chi connectivity index (χ2n) is 0. The van der Waals surface area contributed by atoms with Gasteiger partial charge in [0.25, 0.3) is 0 Å². The van der Waals surface area contributed by atoms with Crippen LogP contribution in [0.25, 0.3) is 0 Å². The summed E-state index contributed by atoms with van der Waals surface area (Å²) in [7, 11) is 0. The predicted molar refractivity (Wildman–Crippen MR) is 18.5 cm³/mol. The van der Waals surface area contributed by atoms with Crippen LogP contribution >= 0.6 is 0 Å². The van der Waals surface area contributed by atoms with E-state index in [4.69, 9.17) is 0 Å². The number of hydrogen-bond acceptors (Lipinski definition) is 0. The molecular weight excluding hydrogens is 232 g/mol. The Labute approximate surface area is 116 Å². The van der Waals surface area contributed by atoms with E-state index < -0.39 is 0 Å². The molecule has 2 radical (unpaired) electrons. The minimum Gasteiger partial charge on any atom is 0 e. The van der Waals surface area contributed by atoms with Crippen LogP contribution in [0.5, 0.6) is 0 Å². The molecule has 0 unspecified atom stereocenters. The van der Waals surface area contributed by atoms with Crippen LogP contribution in [0.1, 0.15) is 0 Å². The first kappa shape index (κ1) is 36.4. The van der Waals surface area contributed by atoms with Gasteiger partial charge in [-0.15, -0.1) is 0 Å². The Balaban J connectivity index is 0. The molecule has 0 amide bonds. The maximum atomic E-state index is 0. The van der Waals surface area contributed by atoms with E-state index in [1.807, 2.05) is 0 Å². The first-order valence-electron chi connectivity index (χ1n) is 0. The van der Waals surface area contributed by atoms with Crippen molar-refractivity contribution < 1.29 is 77.9 Å². The SMILES string of the molecule is [AlH3].[MgH2].[Sc].[Sc].[Zr]. The van der Waals surface area contributed by atoms with E-state index in [0.29, 0.717) is 0 Å². The molecule has 0 saturated carbocycles. The molecule has 0 atom stereocenters. The molecule has 0 aliphatic heterocycles. The van der Waals surface area contributed by atoms with E-state index in [0.717, 1.165) is 0 Å². The fourth-order valence-corrected chi connectivity index (χ4v) is 0. The molecular formula is H5AlMgSc2Zr. The second-order valence-corrected chi connectivity index (χ2v) is 0. The largest absolute Gasteiger partial charge is 0.316 e. The third-order valence-electron chi connectivity index (χ3n) is 0. The van der Waals surface area contributed by atoms with Gasteiger partial charge in [0.05, 0.1) is 0 Å². The molecule has 0 spiro atoms. The van der Waals surface area contributed by atoms with E-state index in [1.54, 1.807) is 0 Å². The van der Waals surface area contributed by atoms with Crippen molar-refractivity contribution in [2.45, 2.75) is 0 Å². The second kappa shape index (κ2) is 24.7. The maximum Gasteiger partial charge on any atom is 0.316 e. The van der Waals surface area contributed by atoms with Crippen LogP contribution in [0.3, 0.4) is 0 Å². The van der Waals surface area contributed by atoms with Crippen LogP contribution in [0.15, 0.2) is 0 Å². The first-order chi connectivity index (χ1) is 0. The van der Waals surface area contributed by atoms with Gasteiger partial charge < -0.3 is 0 Å². The van der Waals surface area contributed by atoms with Crippen LogP contribution in [-0.2, 0) is 77.9 Å². The summed E-state index contributed by atoms with van der Waals surface area (Å²) in [5, 5.41) is 0. The summed E-state index contributed by atoms with van der Waals surface area (Å²) in [6.07, 6.45) is 0. The van der Waals surface area contributed by atoms with E-state index in [2.05, 4.69) is 0 Å². The molecule has 0 nitrogen and oxygen atoms in total. The molecule has 0 aromatic carbocycles. The molecule has 0 heterocycles. The Morgan fingerprint density at radius 3 is 0.800 bits per heavy atom. The Morgan fingerprint density at radius 2 is 0.800 bits per heavy atom.